The van der Waals surface area contributed by atoms with Gasteiger partial charge in [0, 0.05) is 20.1 Å². The van der Waals surface area contributed by atoms with Crippen LogP contribution in [0.4, 0.5) is 0 Å². The number of hydrogen-bond acceptors (Lipinski definition) is 2. The lowest BCUT2D eigenvalue weighted by Gasteiger charge is -2.34. The van der Waals surface area contributed by atoms with Crippen LogP contribution in [0.5, 0.6) is 0 Å². The smallest absolute Gasteiger partial charge is 0.224 e. The van der Waals surface area contributed by atoms with Gasteiger partial charge >= 0.3 is 0 Å². The van der Waals surface area contributed by atoms with Gasteiger partial charge in [-0.25, -0.2) is 0 Å². The van der Waals surface area contributed by atoms with Crippen molar-refractivity contribution in [3.05, 3.63) is 0 Å². The number of piperidine rings is 1. The molecule has 1 rings (SSSR count). The van der Waals surface area contributed by atoms with E-state index < -0.39 is 0 Å². The minimum absolute atomic E-state index is 0.0350. The van der Waals surface area contributed by atoms with E-state index in [-0.39, 0.29) is 12.1 Å². The van der Waals surface area contributed by atoms with Crippen LogP contribution in [0.15, 0.2) is 0 Å². The zero-order valence-electron chi connectivity index (χ0n) is 8.58. The Morgan fingerprint density at radius 2 is 2.31 bits per heavy atom. The van der Waals surface area contributed by atoms with Gasteiger partial charge in [-0.15, -0.1) is 0 Å². The van der Waals surface area contributed by atoms with Gasteiger partial charge in [0.1, 0.15) is 6.23 Å². The molecule has 0 bridgehead atoms. The van der Waals surface area contributed by atoms with E-state index in [1.54, 1.807) is 7.11 Å². The lowest BCUT2D eigenvalue weighted by molar-refractivity contribution is -0.147. The highest BCUT2D eigenvalue weighted by Crippen LogP contribution is 2.18. The summed E-state index contributed by atoms with van der Waals surface area (Å²) >= 11 is 0. The third-order valence-corrected chi connectivity index (χ3v) is 2.50. The molecule has 1 atom stereocenters. The molecule has 76 valence electrons. The Morgan fingerprint density at radius 3 is 2.92 bits per heavy atom. The highest BCUT2D eigenvalue weighted by atomic mass is 16.5. The molecular formula is C10H19NO2. The van der Waals surface area contributed by atoms with Crippen LogP contribution in [0.1, 0.15) is 39.0 Å². The maximum atomic E-state index is 11.6. The standard InChI is InChI=1S/C10H19NO2/c1-3-6-9(12)11-8-5-4-7-10(11)13-2/h10H,3-8H2,1-2H3. The lowest BCUT2D eigenvalue weighted by Crippen LogP contribution is -2.44. The van der Waals surface area contributed by atoms with E-state index in [2.05, 4.69) is 0 Å². The lowest BCUT2D eigenvalue weighted by atomic mass is 10.1. The third-order valence-electron chi connectivity index (χ3n) is 2.50. The van der Waals surface area contributed by atoms with Crippen molar-refractivity contribution in [1.29, 1.82) is 0 Å². The number of methoxy groups -OCH3 is 1. The van der Waals surface area contributed by atoms with Crippen LogP contribution in [0.2, 0.25) is 0 Å². The van der Waals surface area contributed by atoms with Crippen molar-refractivity contribution in [2.24, 2.45) is 0 Å². The summed E-state index contributed by atoms with van der Waals surface area (Å²) in [6, 6.07) is 0. The van der Waals surface area contributed by atoms with Crippen molar-refractivity contribution in [2.45, 2.75) is 45.3 Å². The van der Waals surface area contributed by atoms with Gasteiger partial charge in [-0.3, -0.25) is 4.79 Å². The highest BCUT2D eigenvalue weighted by molar-refractivity contribution is 5.76. The molecule has 0 aromatic heterocycles. The Bertz CT molecular complexity index is 170. The zero-order chi connectivity index (χ0) is 9.68. The second kappa shape index (κ2) is 5.22. The molecule has 13 heavy (non-hydrogen) atoms. The fraction of sp³-hybridized carbons (Fsp3) is 0.900. The van der Waals surface area contributed by atoms with E-state index in [1.165, 1.54) is 6.42 Å². The first-order valence-corrected chi connectivity index (χ1v) is 5.12. The Kier molecular flexibility index (Phi) is 4.22. The largest absolute Gasteiger partial charge is 0.362 e. The van der Waals surface area contributed by atoms with Crippen LogP contribution >= 0.6 is 0 Å². The molecule has 0 aromatic carbocycles. The molecule has 0 N–H and O–H groups in total. The number of ether oxygens (including phenoxy) is 1. The minimum atomic E-state index is 0.0350. The normalized spacial score (nSPS) is 23.2. The van der Waals surface area contributed by atoms with Crippen molar-refractivity contribution in [3.63, 3.8) is 0 Å². The molecule has 0 saturated carbocycles. The molecule has 0 radical (unpaired) electrons. The van der Waals surface area contributed by atoms with Crippen LogP contribution in [0.25, 0.3) is 0 Å². The highest BCUT2D eigenvalue weighted by Gasteiger charge is 2.25. The number of carbonyl (C=O) groups excluding carboxylic acids is 1. The molecule has 1 aliphatic rings. The molecule has 3 heteroatoms. The number of carbonyl (C=O) groups is 1. The number of rotatable bonds is 3. The van der Waals surface area contributed by atoms with E-state index in [4.69, 9.17) is 4.74 Å². The summed E-state index contributed by atoms with van der Waals surface area (Å²) in [5.41, 5.74) is 0. The van der Waals surface area contributed by atoms with E-state index in [0.29, 0.717) is 6.42 Å². The SMILES string of the molecule is CCCC(=O)N1CCCCC1OC. The van der Waals surface area contributed by atoms with E-state index in [0.717, 1.165) is 25.8 Å². The predicted octanol–water partition coefficient (Wildman–Crippen LogP) is 1.77. The van der Waals surface area contributed by atoms with Gasteiger partial charge in [0.25, 0.3) is 0 Å². The Labute approximate surface area is 80.1 Å². The topological polar surface area (TPSA) is 29.5 Å². The summed E-state index contributed by atoms with van der Waals surface area (Å²) in [5.74, 6) is 0.244. The first kappa shape index (κ1) is 10.5. The zero-order valence-corrected chi connectivity index (χ0v) is 8.58. The number of hydrogen-bond donors (Lipinski definition) is 0. The first-order valence-electron chi connectivity index (χ1n) is 5.12. The predicted molar refractivity (Wildman–Crippen MR) is 51.3 cm³/mol. The van der Waals surface area contributed by atoms with Crippen molar-refractivity contribution in [2.75, 3.05) is 13.7 Å². The van der Waals surface area contributed by atoms with Crippen molar-refractivity contribution in [1.82, 2.24) is 4.90 Å². The maximum absolute atomic E-state index is 11.6. The number of likely N-dealkylation sites (tertiary alicyclic amines) is 1. The molecule has 1 aliphatic heterocycles. The quantitative estimate of drug-likeness (QED) is 0.670. The molecule has 0 aliphatic carbocycles. The fourth-order valence-corrected chi connectivity index (χ4v) is 1.79. The summed E-state index contributed by atoms with van der Waals surface area (Å²) in [5, 5.41) is 0. The van der Waals surface area contributed by atoms with Crippen LogP contribution in [0, 0.1) is 0 Å². The van der Waals surface area contributed by atoms with Gasteiger partial charge in [-0.2, -0.15) is 0 Å². The molecule has 1 amide bonds. The Balaban J connectivity index is 2.48. The Morgan fingerprint density at radius 1 is 1.54 bits per heavy atom. The molecule has 1 heterocycles. The molecular weight excluding hydrogens is 166 g/mol. The summed E-state index contributed by atoms with van der Waals surface area (Å²) in [7, 11) is 1.68. The van der Waals surface area contributed by atoms with E-state index in [9.17, 15) is 4.79 Å². The fourth-order valence-electron chi connectivity index (χ4n) is 1.79. The molecule has 1 saturated heterocycles. The van der Waals surface area contributed by atoms with Crippen molar-refractivity contribution < 1.29 is 9.53 Å². The van der Waals surface area contributed by atoms with Gasteiger partial charge in [-0.05, 0) is 25.7 Å². The number of amides is 1. The summed E-state index contributed by atoms with van der Waals surface area (Å²) < 4.78 is 5.28. The average Bonchev–Trinajstić information content (AvgIpc) is 2.18. The van der Waals surface area contributed by atoms with Crippen LogP contribution in [0.3, 0.4) is 0 Å². The van der Waals surface area contributed by atoms with Crippen LogP contribution in [-0.2, 0) is 9.53 Å². The van der Waals surface area contributed by atoms with Gasteiger partial charge in [0.2, 0.25) is 5.91 Å². The molecule has 3 nitrogen and oxygen atoms in total. The monoisotopic (exact) mass is 185 g/mol. The average molecular weight is 185 g/mol. The van der Waals surface area contributed by atoms with Gasteiger partial charge in [0.15, 0.2) is 0 Å². The summed E-state index contributed by atoms with van der Waals surface area (Å²) in [6.45, 7) is 2.90. The molecule has 1 fully saturated rings. The van der Waals surface area contributed by atoms with Crippen molar-refractivity contribution >= 4 is 5.91 Å². The second-order valence-electron chi connectivity index (χ2n) is 3.52. The van der Waals surface area contributed by atoms with E-state index in [1.807, 2.05) is 11.8 Å². The van der Waals surface area contributed by atoms with Crippen LogP contribution in [-0.4, -0.2) is 30.7 Å². The van der Waals surface area contributed by atoms with Crippen molar-refractivity contribution in [3.8, 4) is 0 Å². The second-order valence-corrected chi connectivity index (χ2v) is 3.52. The third kappa shape index (κ3) is 2.69. The minimum Gasteiger partial charge on any atom is -0.362 e. The first-order chi connectivity index (χ1) is 6.29. The maximum Gasteiger partial charge on any atom is 0.224 e. The van der Waals surface area contributed by atoms with Gasteiger partial charge < -0.3 is 9.64 Å². The van der Waals surface area contributed by atoms with Gasteiger partial charge in [-0.1, -0.05) is 6.92 Å². The number of nitrogens with zero attached hydrogens (tertiary/aromatic N) is 1. The van der Waals surface area contributed by atoms with Crippen LogP contribution < -0.4 is 0 Å². The summed E-state index contributed by atoms with van der Waals surface area (Å²) in [6.07, 6.45) is 4.90. The van der Waals surface area contributed by atoms with Gasteiger partial charge in [0.05, 0.1) is 0 Å². The van der Waals surface area contributed by atoms with E-state index >= 15 is 0 Å². The molecule has 0 spiro atoms. The molecule has 0 aromatic rings. The molecule has 1 unspecified atom stereocenters. The summed E-state index contributed by atoms with van der Waals surface area (Å²) in [4.78, 5) is 13.5. The Hall–Kier alpha value is -0.570.